The normalized spacial score (nSPS) is 32.1. The van der Waals surface area contributed by atoms with Crippen LogP contribution in [-0.2, 0) is 56.3 Å². The molecule has 52 heavy (non-hydrogen) atoms. The molecule has 20 heteroatoms. The van der Waals surface area contributed by atoms with Gasteiger partial charge in [-0.1, -0.05) is 0 Å². The molecule has 5 N–H and O–H groups in total. The maximum absolute atomic E-state index is 11.3. The highest BCUT2D eigenvalue weighted by molar-refractivity contribution is 7.61. The molecule has 0 saturated carbocycles. The van der Waals surface area contributed by atoms with Crippen molar-refractivity contribution < 1.29 is 81.0 Å². The Morgan fingerprint density at radius 3 is 1.15 bits per heavy atom. The summed E-state index contributed by atoms with van der Waals surface area (Å²) in [6.45, 7) is 13.9. The van der Waals surface area contributed by atoms with Crippen LogP contribution in [0, 0.1) is 0 Å². The van der Waals surface area contributed by atoms with Gasteiger partial charge in [0, 0.05) is 39.6 Å². The molecule has 3 aliphatic rings. The van der Waals surface area contributed by atoms with Gasteiger partial charge in [0.1, 0.15) is 61.3 Å². The van der Waals surface area contributed by atoms with Gasteiger partial charge in [-0.25, -0.2) is 0 Å². The molecule has 0 aromatic rings. The lowest BCUT2D eigenvalue weighted by Crippen LogP contribution is -2.35. The van der Waals surface area contributed by atoms with Crippen LogP contribution in [0.5, 0.6) is 0 Å². The van der Waals surface area contributed by atoms with Gasteiger partial charge >= 0.3 is 7.60 Å². The van der Waals surface area contributed by atoms with Crippen molar-refractivity contribution in [3.05, 3.63) is 35.7 Å². The zero-order chi connectivity index (χ0) is 39.9. The van der Waals surface area contributed by atoms with E-state index in [1.54, 1.807) is 27.4 Å². The Balaban J connectivity index is 0.000000390. The highest BCUT2D eigenvalue weighted by atomic mass is 31.2. The van der Waals surface area contributed by atoms with Gasteiger partial charge < -0.3 is 67.3 Å². The maximum atomic E-state index is 11.3. The van der Waals surface area contributed by atoms with Gasteiger partial charge in [-0.3, -0.25) is 13.7 Å². The highest BCUT2D eigenvalue weighted by Gasteiger charge is 2.40. The molecule has 3 saturated heterocycles. The van der Waals surface area contributed by atoms with Crippen molar-refractivity contribution in [1.29, 1.82) is 0 Å². The van der Waals surface area contributed by atoms with Gasteiger partial charge in [0.15, 0.2) is 0 Å². The summed E-state index contributed by atoms with van der Waals surface area (Å²) in [7, 11) is -6.21. The quantitative estimate of drug-likeness (QED) is 0.141. The zero-order valence-corrected chi connectivity index (χ0v) is 34.4. The van der Waals surface area contributed by atoms with Crippen LogP contribution in [0.3, 0.4) is 0 Å². The smallest absolute Gasteiger partial charge is 0.348 e. The van der Waals surface area contributed by atoms with E-state index in [1.165, 1.54) is 24.6 Å². The van der Waals surface area contributed by atoms with E-state index in [9.17, 15) is 23.5 Å². The Morgan fingerprint density at radius 1 is 0.596 bits per heavy atom. The Hall–Kier alpha value is -0.650. The Morgan fingerprint density at radius 2 is 0.904 bits per heavy atom. The fourth-order valence-corrected chi connectivity index (χ4v) is 6.49. The molecule has 0 spiro atoms. The standard InChI is InChI=1S/C11H21O6P.C11H21O5P.C10H19O6P/c1-8(2)17-11-9(16-6-10(11)15-3)4-5-18(13,14)7-12;1-8(2)16-11-9(5-6-17(4,12)13)15-7-10(11)14-3;1-7(2)16-10-8(4-5-17(11,12)13)15-6-9(10)14-3/h4-5,8-12H,6-7H2,1-3H3,(H,13,14);5-6,8-11H,7H2,1-4H3,(H,12,13);4-5,7-10H,6H2,1-3H3,(H2,11,12,13)/b5-4+;6-5+;5-4+/t2*9-,10+,11-;8-,9+,10-/m111/s1. The minimum atomic E-state index is -4.16. The average molecular weight is 811 g/mol. The summed E-state index contributed by atoms with van der Waals surface area (Å²) < 4.78 is 82.4. The Kier molecular flexibility index (Phi) is 22.2. The van der Waals surface area contributed by atoms with Crippen molar-refractivity contribution in [2.75, 3.05) is 54.2 Å². The molecule has 306 valence electrons. The van der Waals surface area contributed by atoms with E-state index in [-0.39, 0.29) is 61.0 Å². The number of ether oxygens (including phenoxy) is 9. The lowest BCUT2D eigenvalue weighted by Gasteiger charge is -2.23. The molecule has 3 fully saturated rings. The number of hydrogen-bond acceptors (Lipinski definition) is 13. The summed E-state index contributed by atoms with van der Waals surface area (Å²) in [4.78, 5) is 36.0. The van der Waals surface area contributed by atoms with E-state index in [4.69, 9.17) is 57.5 Å². The maximum Gasteiger partial charge on any atom is 0.348 e. The number of rotatable bonds is 16. The van der Waals surface area contributed by atoms with E-state index in [1.807, 2.05) is 41.5 Å². The number of aliphatic hydroxyl groups excluding tert-OH is 1. The minimum absolute atomic E-state index is 0.00372. The van der Waals surface area contributed by atoms with Gasteiger partial charge in [0.05, 0.1) is 38.1 Å². The molecular weight excluding hydrogens is 749 g/mol. The number of aliphatic hydroxyl groups is 1. The lowest BCUT2D eigenvalue weighted by atomic mass is 10.1. The van der Waals surface area contributed by atoms with Crippen LogP contribution in [0.15, 0.2) is 35.7 Å². The van der Waals surface area contributed by atoms with Crippen LogP contribution >= 0.6 is 22.3 Å². The first kappa shape index (κ1) is 49.4. The molecule has 3 rings (SSSR count). The van der Waals surface area contributed by atoms with Crippen molar-refractivity contribution in [2.45, 2.75) is 115 Å². The summed E-state index contributed by atoms with van der Waals surface area (Å²) >= 11 is 0. The fourth-order valence-electron chi connectivity index (χ4n) is 5.07. The molecule has 17 nitrogen and oxygen atoms in total. The Labute approximate surface area is 307 Å². The van der Waals surface area contributed by atoms with Crippen LogP contribution in [0.2, 0.25) is 0 Å². The summed E-state index contributed by atoms with van der Waals surface area (Å²) in [6, 6.07) is 0. The lowest BCUT2D eigenvalue weighted by molar-refractivity contribution is -0.0659. The molecule has 0 aromatic heterocycles. The van der Waals surface area contributed by atoms with Gasteiger partial charge in [-0.15, -0.1) is 0 Å². The monoisotopic (exact) mass is 810 g/mol. The van der Waals surface area contributed by atoms with Gasteiger partial charge in [0.2, 0.25) is 14.7 Å². The average Bonchev–Trinajstić information content (AvgIpc) is 3.73. The van der Waals surface area contributed by atoms with Crippen LogP contribution in [-0.4, -0.2) is 152 Å². The first-order chi connectivity index (χ1) is 24.1. The number of hydrogen-bond donors (Lipinski definition) is 5. The first-order valence-corrected chi connectivity index (χ1v) is 22.6. The van der Waals surface area contributed by atoms with Crippen LogP contribution < -0.4 is 0 Å². The summed E-state index contributed by atoms with van der Waals surface area (Å²) in [5.41, 5.74) is 0. The van der Waals surface area contributed by atoms with Crippen molar-refractivity contribution in [3.8, 4) is 0 Å². The van der Waals surface area contributed by atoms with Crippen LogP contribution in [0.4, 0.5) is 0 Å². The molecule has 0 amide bonds. The topological polar surface area (TPSA) is 235 Å². The summed E-state index contributed by atoms with van der Waals surface area (Å²) in [5, 5.41) is 8.72. The SMILES string of the molecule is CO[C@H]1CO[C@H](/C=C/P(=O)(O)CO)[C@H]1OC(C)C.CO[C@H]1CO[C@H](/C=C/P(=O)(O)O)[C@H]1OC(C)C.CO[C@H]1CO[C@H](/C=C/P(C)(=O)O)[C@H]1OC(C)C. The second kappa shape index (κ2) is 23.4. The molecule has 2 unspecified atom stereocenters. The van der Waals surface area contributed by atoms with E-state index in [2.05, 4.69) is 0 Å². The molecule has 3 aliphatic heterocycles. The Bertz CT molecular complexity index is 1180. The predicted molar refractivity (Wildman–Crippen MR) is 194 cm³/mol. The van der Waals surface area contributed by atoms with E-state index < -0.39 is 40.9 Å². The van der Waals surface area contributed by atoms with Gasteiger partial charge in [-0.05, 0) is 65.6 Å². The van der Waals surface area contributed by atoms with Crippen LogP contribution in [0.1, 0.15) is 41.5 Å². The second-order valence-corrected chi connectivity index (χ2v) is 18.9. The molecular formula is C32H61O17P3. The third-order valence-corrected chi connectivity index (χ3v) is 9.69. The molecule has 0 aliphatic carbocycles. The third kappa shape index (κ3) is 19.3. The fraction of sp³-hybridized carbons (Fsp3) is 0.812. The zero-order valence-electron chi connectivity index (χ0n) is 31.7. The number of methoxy groups -OCH3 is 3. The van der Waals surface area contributed by atoms with Crippen LogP contribution in [0.25, 0.3) is 0 Å². The van der Waals surface area contributed by atoms with Crippen molar-refractivity contribution >= 4 is 22.3 Å². The molecule has 11 atom stereocenters. The van der Waals surface area contributed by atoms with Crippen molar-refractivity contribution in [1.82, 2.24) is 0 Å². The highest BCUT2D eigenvalue weighted by Crippen LogP contribution is 2.41. The van der Waals surface area contributed by atoms with Crippen molar-refractivity contribution in [3.63, 3.8) is 0 Å². The van der Waals surface area contributed by atoms with E-state index >= 15 is 0 Å². The van der Waals surface area contributed by atoms with Crippen molar-refractivity contribution in [2.24, 2.45) is 0 Å². The molecule has 0 radical (unpaired) electrons. The molecule has 3 heterocycles. The minimum Gasteiger partial charge on any atom is -0.386 e. The first-order valence-electron chi connectivity index (χ1n) is 16.8. The van der Waals surface area contributed by atoms with Gasteiger partial charge in [0.25, 0.3) is 0 Å². The van der Waals surface area contributed by atoms with E-state index in [0.29, 0.717) is 19.8 Å². The largest absolute Gasteiger partial charge is 0.386 e. The second-order valence-electron chi connectivity index (χ2n) is 13.1. The summed E-state index contributed by atoms with van der Waals surface area (Å²) in [6.07, 6.45) is 0.951. The van der Waals surface area contributed by atoms with Gasteiger partial charge in [-0.2, -0.15) is 0 Å². The summed E-state index contributed by atoms with van der Waals surface area (Å²) in [5.74, 6) is 3.21. The molecule has 0 aromatic carbocycles. The predicted octanol–water partition coefficient (Wildman–Crippen LogP) is 3.42. The molecule has 0 bridgehead atoms. The van der Waals surface area contributed by atoms with E-state index in [0.717, 1.165) is 11.6 Å². The third-order valence-electron chi connectivity index (χ3n) is 7.36.